The summed E-state index contributed by atoms with van der Waals surface area (Å²) >= 11 is 0. The second-order valence-electron chi connectivity index (χ2n) is 12.0. The Kier molecular flexibility index (Phi) is 13.3. The molecule has 0 radical (unpaired) electrons. The number of amides is 2. The quantitative estimate of drug-likeness (QED) is 0.246. The summed E-state index contributed by atoms with van der Waals surface area (Å²) in [6, 6.07) is 0. The van der Waals surface area contributed by atoms with Crippen LogP contribution in [0.2, 0.25) is 0 Å². The van der Waals surface area contributed by atoms with Gasteiger partial charge in [-0.2, -0.15) is 0 Å². The topological polar surface area (TPSA) is 112 Å². The van der Waals surface area contributed by atoms with Crippen LogP contribution in [0.4, 0.5) is 9.59 Å². The lowest BCUT2D eigenvalue weighted by atomic mass is 9.75. The van der Waals surface area contributed by atoms with E-state index in [9.17, 15) is 19.2 Å². The summed E-state index contributed by atoms with van der Waals surface area (Å²) in [5, 5.41) is 0. The molecule has 0 saturated carbocycles. The maximum atomic E-state index is 12.2. The summed E-state index contributed by atoms with van der Waals surface area (Å²) in [4.78, 5) is 50.9. The maximum Gasteiger partial charge on any atom is 0.410 e. The van der Waals surface area contributed by atoms with E-state index < -0.39 is 16.6 Å². The molecular formula is C29H50N2O8. The standard InChI is InChI=1S/C16H27NO4.C13H23NO4/c1-6-8-16(13(18)20-7-2)9-11-17(12-10-16)14(19)21-15(3,4)5;1-5-17-11(15)10-6-8-14(9-7-10)12(16)18-13(2,3)4/h6H,1,7-12H2,2-5H3;10H,5-9H2,1-4H3. The van der Waals surface area contributed by atoms with E-state index >= 15 is 0 Å². The molecule has 39 heavy (non-hydrogen) atoms. The summed E-state index contributed by atoms with van der Waals surface area (Å²) in [7, 11) is 0. The van der Waals surface area contributed by atoms with Gasteiger partial charge in [0.2, 0.25) is 0 Å². The molecule has 0 aromatic carbocycles. The smallest absolute Gasteiger partial charge is 0.410 e. The fraction of sp³-hybridized carbons (Fsp3) is 0.793. The Morgan fingerprint density at radius 2 is 1.23 bits per heavy atom. The number of ether oxygens (including phenoxy) is 4. The zero-order chi connectivity index (χ0) is 29.9. The van der Waals surface area contributed by atoms with Crippen LogP contribution >= 0.6 is 0 Å². The van der Waals surface area contributed by atoms with Gasteiger partial charge in [0, 0.05) is 26.2 Å². The lowest BCUT2D eigenvalue weighted by Crippen LogP contribution is -2.48. The van der Waals surface area contributed by atoms with Crippen molar-refractivity contribution in [3.05, 3.63) is 12.7 Å². The highest BCUT2D eigenvalue weighted by Crippen LogP contribution is 2.37. The summed E-state index contributed by atoms with van der Waals surface area (Å²) in [5.41, 5.74) is -1.53. The van der Waals surface area contributed by atoms with Crippen molar-refractivity contribution in [1.29, 1.82) is 0 Å². The molecule has 2 aliphatic rings. The molecule has 0 atom stereocenters. The minimum atomic E-state index is -0.545. The predicted octanol–water partition coefficient (Wildman–Crippen LogP) is 5.34. The Morgan fingerprint density at radius 1 is 0.795 bits per heavy atom. The van der Waals surface area contributed by atoms with Gasteiger partial charge in [-0.1, -0.05) is 6.08 Å². The van der Waals surface area contributed by atoms with E-state index in [0.717, 1.165) is 0 Å². The van der Waals surface area contributed by atoms with E-state index in [0.29, 0.717) is 71.5 Å². The van der Waals surface area contributed by atoms with Crippen molar-refractivity contribution >= 4 is 24.1 Å². The van der Waals surface area contributed by atoms with Gasteiger partial charge in [-0.15, -0.1) is 6.58 Å². The van der Waals surface area contributed by atoms with Gasteiger partial charge in [-0.25, -0.2) is 9.59 Å². The molecule has 10 nitrogen and oxygen atoms in total. The Labute approximate surface area is 234 Å². The van der Waals surface area contributed by atoms with Crippen molar-refractivity contribution in [2.45, 2.75) is 98.7 Å². The number of carbonyl (C=O) groups is 4. The number of hydrogen-bond acceptors (Lipinski definition) is 8. The molecular weight excluding hydrogens is 504 g/mol. The molecule has 10 heteroatoms. The van der Waals surface area contributed by atoms with Crippen molar-refractivity contribution in [2.24, 2.45) is 11.3 Å². The molecule has 224 valence electrons. The summed E-state index contributed by atoms with van der Waals surface area (Å²) in [6.07, 6.45) is 4.17. The third kappa shape index (κ3) is 11.9. The predicted molar refractivity (Wildman–Crippen MR) is 148 cm³/mol. The molecule has 2 saturated heterocycles. The number of nitrogens with zero attached hydrogens (tertiary/aromatic N) is 2. The zero-order valence-corrected chi connectivity index (χ0v) is 25.3. The fourth-order valence-electron chi connectivity index (χ4n) is 4.38. The van der Waals surface area contributed by atoms with E-state index in [1.807, 2.05) is 41.5 Å². The normalized spacial score (nSPS) is 17.7. The molecule has 2 amide bonds. The summed E-state index contributed by atoms with van der Waals surface area (Å²) < 4.78 is 20.8. The fourth-order valence-corrected chi connectivity index (χ4v) is 4.38. The molecule has 0 aliphatic carbocycles. The summed E-state index contributed by atoms with van der Waals surface area (Å²) in [6.45, 7) is 21.3. The molecule has 2 fully saturated rings. The second kappa shape index (κ2) is 15.1. The average Bonchev–Trinajstić information content (AvgIpc) is 2.83. The van der Waals surface area contributed by atoms with Gasteiger partial charge < -0.3 is 28.7 Å². The molecule has 0 bridgehead atoms. The molecule has 0 spiro atoms. The Hall–Kier alpha value is -2.78. The highest BCUT2D eigenvalue weighted by atomic mass is 16.6. The second-order valence-corrected chi connectivity index (χ2v) is 12.0. The first-order valence-electron chi connectivity index (χ1n) is 14.0. The van der Waals surface area contributed by atoms with Crippen LogP contribution in [-0.2, 0) is 28.5 Å². The number of rotatable bonds is 6. The number of hydrogen-bond donors (Lipinski definition) is 0. The van der Waals surface area contributed by atoms with Gasteiger partial charge in [-0.3, -0.25) is 9.59 Å². The molecule has 2 heterocycles. The van der Waals surface area contributed by atoms with Crippen molar-refractivity contribution < 1.29 is 38.1 Å². The molecule has 0 aromatic heterocycles. The SMILES string of the molecule is C=CCC1(C(=O)OCC)CCN(C(=O)OC(C)(C)C)CC1.CCOC(=O)C1CCN(C(=O)OC(C)(C)C)CC1. The summed E-state index contributed by atoms with van der Waals surface area (Å²) in [5.74, 6) is -0.418. The zero-order valence-electron chi connectivity index (χ0n) is 25.3. The molecule has 2 rings (SSSR count). The first-order chi connectivity index (χ1) is 18.1. The van der Waals surface area contributed by atoms with E-state index in [2.05, 4.69) is 6.58 Å². The van der Waals surface area contributed by atoms with E-state index in [-0.39, 0.29) is 30.0 Å². The van der Waals surface area contributed by atoms with Gasteiger partial charge in [0.1, 0.15) is 11.2 Å². The lowest BCUT2D eigenvalue weighted by molar-refractivity contribution is -0.158. The van der Waals surface area contributed by atoms with Gasteiger partial charge in [0.25, 0.3) is 0 Å². The molecule has 0 unspecified atom stereocenters. The van der Waals surface area contributed by atoms with Crippen molar-refractivity contribution in [2.75, 3.05) is 39.4 Å². The van der Waals surface area contributed by atoms with Gasteiger partial charge in [0.15, 0.2) is 0 Å². The third-order valence-electron chi connectivity index (χ3n) is 6.38. The number of esters is 2. The van der Waals surface area contributed by atoms with Gasteiger partial charge >= 0.3 is 24.1 Å². The van der Waals surface area contributed by atoms with Crippen LogP contribution in [0.5, 0.6) is 0 Å². The minimum Gasteiger partial charge on any atom is -0.466 e. The Bertz CT molecular complexity index is 827. The number of likely N-dealkylation sites (tertiary alicyclic amines) is 2. The molecule has 0 aromatic rings. The Balaban J connectivity index is 0.000000395. The van der Waals surface area contributed by atoms with E-state index in [1.165, 1.54) is 0 Å². The van der Waals surface area contributed by atoms with Crippen LogP contribution in [0.25, 0.3) is 0 Å². The van der Waals surface area contributed by atoms with Crippen LogP contribution in [0.1, 0.15) is 87.5 Å². The van der Waals surface area contributed by atoms with E-state index in [1.54, 1.807) is 29.7 Å². The first-order valence-corrected chi connectivity index (χ1v) is 14.0. The molecule has 0 N–H and O–H groups in total. The first kappa shape index (κ1) is 34.2. The largest absolute Gasteiger partial charge is 0.466 e. The Morgan fingerprint density at radius 3 is 1.62 bits per heavy atom. The van der Waals surface area contributed by atoms with Crippen molar-refractivity contribution in [3.8, 4) is 0 Å². The minimum absolute atomic E-state index is 0.0800. The van der Waals surface area contributed by atoms with Crippen LogP contribution in [0.3, 0.4) is 0 Å². The van der Waals surface area contributed by atoms with Crippen molar-refractivity contribution in [3.63, 3.8) is 0 Å². The van der Waals surface area contributed by atoms with E-state index in [4.69, 9.17) is 18.9 Å². The maximum absolute atomic E-state index is 12.2. The third-order valence-corrected chi connectivity index (χ3v) is 6.38. The molecule has 2 aliphatic heterocycles. The highest BCUT2D eigenvalue weighted by Gasteiger charge is 2.43. The van der Waals surface area contributed by atoms with Crippen LogP contribution < -0.4 is 0 Å². The lowest BCUT2D eigenvalue weighted by Gasteiger charge is -2.39. The number of carbonyl (C=O) groups excluding carboxylic acids is 4. The van der Waals surface area contributed by atoms with Crippen LogP contribution in [-0.4, -0.2) is 84.5 Å². The van der Waals surface area contributed by atoms with Gasteiger partial charge in [-0.05, 0) is 87.5 Å². The van der Waals surface area contributed by atoms with Crippen LogP contribution in [0.15, 0.2) is 12.7 Å². The number of piperidine rings is 2. The van der Waals surface area contributed by atoms with Gasteiger partial charge in [0.05, 0.1) is 24.5 Å². The van der Waals surface area contributed by atoms with Crippen LogP contribution in [0, 0.1) is 11.3 Å². The monoisotopic (exact) mass is 554 g/mol. The van der Waals surface area contributed by atoms with Crippen molar-refractivity contribution in [1.82, 2.24) is 9.80 Å². The highest BCUT2D eigenvalue weighted by molar-refractivity contribution is 5.78. The average molecular weight is 555 g/mol. The number of allylic oxidation sites excluding steroid dienone is 1.